The lowest BCUT2D eigenvalue weighted by Crippen LogP contribution is -2.28. The Hall–Kier alpha value is -2.36. The van der Waals surface area contributed by atoms with Crippen LogP contribution in [-0.2, 0) is 0 Å². The van der Waals surface area contributed by atoms with E-state index in [1.54, 1.807) is 11.9 Å². The van der Waals surface area contributed by atoms with Crippen molar-refractivity contribution in [2.45, 2.75) is 20.8 Å². The number of benzene rings is 1. The number of carbonyl (C=O) groups excluding carboxylic acids is 1. The molecule has 116 valence electrons. The van der Waals surface area contributed by atoms with E-state index in [4.69, 9.17) is 0 Å². The molecule has 0 saturated carbocycles. The molecule has 0 N–H and O–H groups in total. The van der Waals surface area contributed by atoms with Crippen LogP contribution in [0.25, 0.3) is 0 Å². The molecule has 1 amide bonds. The van der Waals surface area contributed by atoms with Crippen molar-refractivity contribution in [3.05, 3.63) is 53.7 Å². The van der Waals surface area contributed by atoms with E-state index in [1.807, 2.05) is 49.4 Å². The Morgan fingerprint density at radius 3 is 2.23 bits per heavy atom. The Morgan fingerprint density at radius 1 is 1.05 bits per heavy atom. The van der Waals surface area contributed by atoms with Crippen LogP contribution in [0.4, 0.5) is 11.5 Å². The largest absolute Gasteiger partial charge is 0.357 e. The van der Waals surface area contributed by atoms with Gasteiger partial charge in [-0.25, -0.2) is 4.98 Å². The highest BCUT2D eigenvalue weighted by atomic mass is 16.2. The molecule has 0 aliphatic rings. The van der Waals surface area contributed by atoms with Crippen LogP contribution < -0.4 is 9.80 Å². The monoisotopic (exact) mass is 297 g/mol. The minimum atomic E-state index is -0.0268. The summed E-state index contributed by atoms with van der Waals surface area (Å²) in [5.74, 6) is 0.924. The molecular weight excluding hydrogens is 274 g/mol. The summed E-state index contributed by atoms with van der Waals surface area (Å²) in [6, 6.07) is 13.2. The number of aryl methyl sites for hydroxylation is 1. The first-order valence-electron chi connectivity index (χ1n) is 7.64. The second-order valence-electron chi connectivity index (χ2n) is 5.18. The van der Waals surface area contributed by atoms with E-state index in [2.05, 4.69) is 23.7 Å². The van der Waals surface area contributed by atoms with Crippen molar-refractivity contribution >= 4 is 17.4 Å². The Balaban J connectivity index is 2.27. The van der Waals surface area contributed by atoms with Crippen molar-refractivity contribution in [2.75, 3.05) is 29.9 Å². The molecule has 0 bridgehead atoms. The zero-order valence-corrected chi connectivity index (χ0v) is 13.7. The van der Waals surface area contributed by atoms with Gasteiger partial charge in [-0.15, -0.1) is 0 Å². The van der Waals surface area contributed by atoms with Crippen molar-refractivity contribution in [1.29, 1.82) is 0 Å². The summed E-state index contributed by atoms with van der Waals surface area (Å²) in [6.45, 7) is 8.00. The van der Waals surface area contributed by atoms with Gasteiger partial charge < -0.3 is 9.80 Å². The van der Waals surface area contributed by atoms with E-state index in [0.717, 1.165) is 30.3 Å². The minimum Gasteiger partial charge on any atom is -0.357 e. The van der Waals surface area contributed by atoms with Gasteiger partial charge in [0.25, 0.3) is 5.91 Å². The highest BCUT2D eigenvalue weighted by Crippen LogP contribution is 2.22. The molecule has 0 aliphatic heterocycles. The number of aromatic nitrogens is 1. The second kappa shape index (κ2) is 7.07. The number of anilines is 2. The average Bonchev–Trinajstić information content (AvgIpc) is 2.55. The van der Waals surface area contributed by atoms with Gasteiger partial charge in [0.1, 0.15) is 5.82 Å². The van der Waals surface area contributed by atoms with Gasteiger partial charge in [0.15, 0.2) is 0 Å². The number of amides is 1. The number of hydrogen-bond acceptors (Lipinski definition) is 3. The van der Waals surface area contributed by atoms with E-state index in [-0.39, 0.29) is 5.91 Å². The molecule has 4 heteroatoms. The molecule has 0 atom stereocenters. The van der Waals surface area contributed by atoms with Crippen LogP contribution in [0.1, 0.15) is 29.9 Å². The molecule has 1 aromatic carbocycles. The van der Waals surface area contributed by atoms with Gasteiger partial charge in [0, 0.05) is 25.7 Å². The Morgan fingerprint density at radius 2 is 1.68 bits per heavy atom. The molecular formula is C18H23N3O. The van der Waals surface area contributed by atoms with Crippen LogP contribution in [0.3, 0.4) is 0 Å². The summed E-state index contributed by atoms with van der Waals surface area (Å²) < 4.78 is 0. The van der Waals surface area contributed by atoms with E-state index < -0.39 is 0 Å². The molecule has 1 aromatic heterocycles. The number of nitrogens with zero attached hydrogens (tertiary/aromatic N) is 3. The normalized spacial score (nSPS) is 10.4. The quantitative estimate of drug-likeness (QED) is 0.847. The van der Waals surface area contributed by atoms with Crippen LogP contribution in [0.15, 0.2) is 42.5 Å². The maximum atomic E-state index is 12.5. The number of rotatable bonds is 5. The fraction of sp³-hybridized carbons (Fsp3) is 0.333. The molecule has 0 spiro atoms. The molecule has 22 heavy (non-hydrogen) atoms. The first kappa shape index (κ1) is 16.0. The van der Waals surface area contributed by atoms with Gasteiger partial charge in [0.2, 0.25) is 0 Å². The first-order chi connectivity index (χ1) is 10.6. The van der Waals surface area contributed by atoms with E-state index >= 15 is 0 Å². The zero-order chi connectivity index (χ0) is 16.1. The van der Waals surface area contributed by atoms with Crippen LogP contribution in [0.2, 0.25) is 0 Å². The fourth-order valence-electron chi connectivity index (χ4n) is 2.50. The summed E-state index contributed by atoms with van der Waals surface area (Å²) >= 11 is 0. The van der Waals surface area contributed by atoms with Gasteiger partial charge in [-0.3, -0.25) is 4.79 Å². The second-order valence-corrected chi connectivity index (χ2v) is 5.18. The van der Waals surface area contributed by atoms with Gasteiger partial charge in [0.05, 0.1) is 11.4 Å². The number of pyridine rings is 1. The molecule has 0 aliphatic carbocycles. The predicted molar refractivity (Wildman–Crippen MR) is 91.7 cm³/mol. The molecule has 0 fully saturated rings. The smallest absolute Gasteiger partial charge is 0.258 e. The predicted octanol–water partition coefficient (Wildman–Crippen LogP) is 3.51. The fourth-order valence-corrected chi connectivity index (χ4v) is 2.50. The van der Waals surface area contributed by atoms with Crippen molar-refractivity contribution in [2.24, 2.45) is 0 Å². The zero-order valence-electron chi connectivity index (χ0n) is 13.7. The minimum absolute atomic E-state index is 0.0268. The van der Waals surface area contributed by atoms with Gasteiger partial charge >= 0.3 is 0 Å². The van der Waals surface area contributed by atoms with Crippen molar-refractivity contribution in [3.8, 4) is 0 Å². The Bertz CT molecular complexity index is 636. The standard InChI is InChI=1S/C18H23N3O/c1-5-21(6-2)17-13-12-16(14(3)19-17)20(4)18(22)15-10-8-7-9-11-15/h7-13H,5-6H2,1-4H3. The summed E-state index contributed by atoms with van der Waals surface area (Å²) in [5, 5.41) is 0. The summed E-state index contributed by atoms with van der Waals surface area (Å²) in [5.41, 5.74) is 2.37. The molecule has 1 heterocycles. The maximum absolute atomic E-state index is 12.5. The third-order valence-electron chi connectivity index (χ3n) is 3.82. The highest BCUT2D eigenvalue weighted by Gasteiger charge is 2.16. The third-order valence-corrected chi connectivity index (χ3v) is 3.82. The lowest BCUT2D eigenvalue weighted by Gasteiger charge is -2.23. The van der Waals surface area contributed by atoms with Crippen LogP contribution in [0, 0.1) is 6.92 Å². The van der Waals surface area contributed by atoms with Gasteiger partial charge in [-0.1, -0.05) is 18.2 Å². The topological polar surface area (TPSA) is 36.4 Å². The first-order valence-corrected chi connectivity index (χ1v) is 7.64. The molecule has 2 aromatic rings. The third kappa shape index (κ3) is 3.27. The maximum Gasteiger partial charge on any atom is 0.258 e. The van der Waals surface area contributed by atoms with E-state index in [9.17, 15) is 4.79 Å². The van der Waals surface area contributed by atoms with Crippen LogP contribution in [0.5, 0.6) is 0 Å². The number of hydrogen-bond donors (Lipinski definition) is 0. The summed E-state index contributed by atoms with van der Waals surface area (Å²) in [6.07, 6.45) is 0. The highest BCUT2D eigenvalue weighted by molar-refractivity contribution is 6.06. The van der Waals surface area contributed by atoms with Crippen molar-refractivity contribution < 1.29 is 4.79 Å². The van der Waals surface area contributed by atoms with Crippen molar-refractivity contribution in [3.63, 3.8) is 0 Å². The Labute approximate surface area is 132 Å². The van der Waals surface area contributed by atoms with E-state index in [0.29, 0.717) is 5.56 Å². The van der Waals surface area contributed by atoms with Gasteiger partial charge in [-0.05, 0) is 45.0 Å². The summed E-state index contributed by atoms with van der Waals surface area (Å²) in [7, 11) is 1.79. The lowest BCUT2D eigenvalue weighted by molar-refractivity contribution is 0.0993. The molecule has 2 rings (SSSR count). The summed E-state index contributed by atoms with van der Waals surface area (Å²) in [4.78, 5) is 21.0. The Kier molecular flexibility index (Phi) is 5.15. The lowest BCUT2D eigenvalue weighted by atomic mass is 10.2. The molecule has 0 unspecified atom stereocenters. The van der Waals surface area contributed by atoms with E-state index in [1.165, 1.54) is 0 Å². The van der Waals surface area contributed by atoms with Crippen LogP contribution in [-0.4, -0.2) is 31.0 Å². The average molecular weight is 297 g/mol. The SMILES string of the molecule is CCN(CC)c1ccc(N(C)C(=O)c2ccccc2)c(C)n1. The van der Waals surface area contributed by atoms with Crippen LogP contribution >= 0.6 is 0 Å². The molecule has 4 nitrogen and oxygen atoms in total. The van der Waals surface area contributed by atoms with Crippen molar-refractivity contribution in [1.82, 2.24) is 4.98 Å². The number of carbonyl (C=O) groups is 1. The molecule has 0 saturated heterocycles. The molecule has 0 radical (unpaired) electrons. The van der Waals surface area contributed by atoms with Gasteiger partial charge in [-0.2, -0.15) is 0 Å².